The summed E-state index contributed by atoms with van der Waals surface area (Å²) >= 11 is 0. The Morgan fingerprint density at radius 2 is 1.15 bits per heavy atom. The van der Waals surface area contributed by atoms with E-state index in [4.69, 9.17) is 0 Å². The molecule has 0 nitrogen and oxygen atoms in total. The van der Waals surface area contributed by atoms with Crippen molar-refractivity contribution in [3.63, 3.8) is 0 Å². The van der Waals surface area contributed by atoms with Crippen molar-refractivity contribution in [3.8, 4) is 11.1 Å². The van der Waals surface area contributed by atoms with Crippen LogP contribution in [-0.2, 0) is 6.42 Å². The Balaban J connectivity index is 1.37. The number of hydrogen-bond acceptors (Lipinski definition) is 0. The Labute approximate surface area is 205 Å². The zero-order chi connectivity index (χ0) is 23.3. The van der Waals surface area contributed by atoms with Gasteiger partial charge in [0.15, 0.2) is 0 Å². The summed E-state index contributed by atoms with van der Waals surface area (Å²) in [6.45, 7) is 7.03. The summed E-state index contributed by atoms with van der Waals surface area (Å²) < 4.78 is 0. The molecule has 33 heavy (non-hydrogen) atoms. The van der Waals surface area contributed by atoms with Crippen molar-refractivity contribution in [2.24, 2.45) is 11.8 Å². The monoisotopic (exact) mass is 446 g/mol. The molecule has 0 heteroatoms. The van der Waals surface area contributed by atoms with E-state index in [2.05, 4.69) is 69.3 Å². The average molecular weight is 447 g/mol. The molecule has 0 spiro atoms. The molecule has 0 bridgehead atoms. The van der Waals surface area contributed by atoms with Gasteiger partial charge < -0.3 is 0 Å². The Morgan fingerprint density at radius 1 is 0.636 bits per heavy atom. The summed E-state index contributed by atoms with van der Waals surface area (Å²) in [7, 11) is 0. The van der Waals surface area contributed by atoms with E-state index in [1.807, 2.05) is 0 Å². The molecule has 3 rings (SSSR count). The Bertz CT molecular complexity index is 744. The summed E-state index contributed by atoms with van der Waals surface area (Å²) in [6.07, 6.45) is 20.9. The minimum absolute atomic E-state index is 0.779. The third-order valence-electron chi connectivity index (χ3n) is 7.89. The van der Waals surface area contributed by atoms with Crippen molar-refractivity contribution in [2.45, 2.75) is 123 Å². The lowest BCUT2D eigenvalue weighted by Crippen LogP contribution is -2.14. The standard InChI is InChI=1S/C33H50/c1-4-5-6-7-8-9-10-11-12-13-28-14-18-30(19-15-28)32-22-24-33(25-23-32)31-20-16-29(17-21-31)26-27(2)3/h14-15,18-19,22-25,27,29,31H,4-13,16-17,20-21,26H2,1-3H3. The Kier molecular flexibility index (Phi) is 11.6. The lowest BCUT2D eigenvalue weighted by Gasteiger charge is -2.29. The van der Waals surface area contributed by atoms with Crippen LogP contribution in [0.1, 0.15) is 128 Å². The predicted octanol–water partition coefficient (Wildman–Crippen LogP) is 10.7. The van der Waals surface area contributed by atoms with Crippen molar-refractivity contribution in [2.75, 3.05) is 0 Å². The van der Waals surface area contributed by atoms with E-state index in [-0.39, 0.29) is 0 Å². The van der Waals surface area contributed by atoms with Crippen molar-refractivity contribution in [1.29, 1.82) is 0 Å². The molecular weight excluding hydrogens is 396 g/mol. The third-order valence-corrected chi connectivity index (χ3v) is 7.89. The maximum Gasteiger partial charge on any atom is -0.0162 e. The fourth-order valence-electron chi connectivity index (χ4n) is 5.85. The highest BCUT2D eigenvalue weighted by Crippen LogP contribution is 2.38. The van der Waals surface area contributed by atoms with Gasteiger partial charge in [0.2, 0.25) is 0 Å². The first kappa shape index (κ1) is 26.1. The van der Waals surface area contributed by atoms with Crippen LogP contribution in [-0.4, -0.2) is 0 Å². The van der Waals surface area contributed by atoms with Gasteiger partial charge in [0.1, 0.15) is 0 Å². The van der Waals surface area contributed by atoms with E-state index in [1.54, 1.807) is 5.56 Å². The first-order chi connectivity index (χ1) is 16.2. The molecule has 2 aromatic rings. The van der Waals surface area contributed by atoms with Crippen LogP contribution in [0, 0.1) is 11.8 Å². The third kappa shape index (κ3) is 9.30. The van der Waals surface area contributed by atoms with Crippen molar-refractivity contribution in [3.05, 3.63) is 59.7 Å². The summed E-state index contributed by atoms with van der Waals surface area (Å²) in [5.74, 6) is 2.60. The van der Waals surface area contributed by atoms with Crippen LogP contribution in [0.25, 0.3) is 11.1 Å². The van der Waals surface area contributed by atoms with E-state index in [1.165, 1.54) is 113 Å². The molecule has 0 aromatic heterocycles. The van der Waals surface area contributed by atoms with Gasteiger partial charge in [-0.2, -0.15) is 0 Å². The highest BCUT2D eigenvalue weighted by Gasteiger charge is 2.22. The first-order valence-corrected chi connectivity index (χ1v) is 14.3. The highest BCUT2D eigenvalue weighted by molar-refractivity contribution is 5.64. The first-order valence-electron chi connectivity index (χ1n) is 14.3. The Morgan fingerprint density at radius 3 is 1.70 bits per heavy atom. The molecule has 1 saturated carbocycles. The number of aryl methyl sites for hydroxylation is 1. The van der Waals surface area contributed by atoms with Gasteiger partial charge in [-0.05, 0) is 85.0 Å². The normalized spacial score (nSPS) is 18.7. The number of benzene rings is 2. The van der Waals surface area contributed by atoms with Crippen molar-refractivity contribution < 1.29 is 0 Å². The molecule has 1 aliphatic rings. The van der Waals surface area contributed by atoms with E-state index in [9.17, 15) is 0 Å². The van der Waals surface area contributed by atoms with Crippen molar-refractivity contribution in [1.82, 2.24) is 0 Å². The zero-order valence-electron chi connectivity index (χ0n) is 22.0. The van der Waals surface area contributed by atoms with E-state index >= 15 is 0 Å². The van der Waals surface area contributed by atoms with Crippen LogP contribution < -0.4 is 0 Å². The van der Waals surface area contributed by atoms with E-state index < -0.39 is 0 Å². The van der Waals surface area contributed by atoms with Crippen LogP contribution in [0.4, 0.5) is 0 Å². The molecule has 1 fully saturated rings. The second kappa shape index (κ2) is 14.6. The van der Waals surface area contributed by atoms with Crippen LogP contribution in [0.2, 0.25) is 0 Å². The van der Waals surface area contributed by atoms with Gasteiger partial charge >= 0.3 is 0 Å². The molecule has 0 atom stereocenters. The van der Waals surface area contributed by atoms with Gasteiger partial charge in [-0.15, -0.1) is 0 Å². The van der Waals surface area contributed by atoms with Gasteiger partial charge in [-0.3, -0.25) is 0 Å². The molecule has 0 heterocycles. The fourth-order valence-corrected chi connectivity index (χ4v) is 5.85. The Hall–Kier alpha value is -1.56. The summed E-state index contributed by atoms with van der Waals surface area (Å²) in [4.78, 5) is 0. The van der Waals surface area contributed by atoms with Gasteiger partial charge in [-0.25, -0.2) is 0 Å². The maximum absolute atomic E-state index is 2.40. The zero-order valence-corrected chi connectivity index (χ0v) is 22.0. The maximum atomic E-state index is 2.40. The van der Waals surface area contributed by atoms with Gasteiger partial charge in [-0.1, -0.05) is 121 Å². The molecular formula is C33H50. The highest BCUT2D eigenvalue weighted by atomic mass is 14.3. The quantitative estimate of drug-likeness (QED) is 0.253. The van der Waals surface area contributed by atoms with Gasteiger partial charge in [0.25, 0.3) is 0 Å². The minimum Gasteiger partial charge on any atom is -0.0654 e. The fraction of sp³-hybridized carbons (Fsp3) is 0.636. The molecule has 0 N–H and O–H groups in total. The second-order valence-corrected chi connectivity index (χ2v) is 11.2. The molecule has 0 aliphatic heterocycles. The molecule has 182 valence electrons. The molecule has 0 unspecified atom stereocenters. The predicted molar refractivity (Wildman–Crippen MR) is 147 cm³/mol. The average Bonchev–Trinajstić information content (AvgIpc) is 2.84. The largest absolute Gasteiger partial charge is 0.0654 e. The summed E-state index contributed by atoms with van der Waals surface area (Å²) in [5.41, 5.74) is 5.78. The molecule has 0 radical (unpaired) electrons. The van der Waals surface area contributed by atoms with E-state index in [0.29, 0.717) is 0 Å². The van der Waals surface area contributed by atoms with Gasteiger partial charge in [0.05, 0.1) is 0 Å². The SMILES string of the molecule is CCCCCCCCCCCc1ccc(-c2ccc(C3CCC(CC(C)C)CC3)cc2)cc1. The lowest BCUT2D eigenvalue weighted by atomic mass is 9.76. The topological polar surface area (TPSA) is 0 Å². The smallest absolute Gasteiger partial charge is 0.0162 e. The molecule has 1 aliphatic carbocycles. The van der Waals surface area contributed by atoms with Crippen LogP contribution in [0.5, 0.6) is 0 Å². The number of unbranched alkanes of at least 4 members (excludes halogenated alkanes) is 8. The summed E-state index contributed by atoms with van der Waals surface area (Å²) in [5, 5.41) is 0. The molecule has 2 aromatic carbocycles. The minimum atomic E-state index is 0.779. The molecule has 0 saturated heterocycles. The van der Waals surface area contributed by atoms with Gasteiger partial charge in [0, 0.05) is 0 Å². The number of rotatable bonds is 14. The van der Waals surface area contributed by atoms with E-state index in [0.717, 1.165) is 17.8 Å². The second-order valence-electron chi connectivity index (χ2n) is 11.2. The van der Waals surface area contributed by atoms with Crippen LogP contribution >= 0.6 is 0 Å². The number of hydrogen-bond donors (Lipinski definition) is 0. The van der Waals surface area contributed by atoms with Crippen molar-refractivity contribution >= 4 is 0 Å². The summed E-state index contributed by atoms with van der Waals surface area (Å²) in [6, 6.07) is 18.9. The van der Waals surface area contributed by atoms with Crippen LogP contribution in [0.3, 0.4) is 0 Å². The lowest BCUT2D eigenvalue weighted by molar-refractivity contribution is 0.283. The van der Waals surface area contributed by atoms with Crippen LogP contribution in [0.15, 0.2) is 48.5 Å². The molecule has 0 amide bonds.